The van der Waals surface area contributed by atoms with Gasteiger partial charge in [0.2, 0.25) is 17.7 Å². The molecule has 0 radical (unpaired) electrons. The number of benzene rings is 1. The van der Waals surface area contributed by atoms with Gasteiger partial charge in [-0.3, -0.25) is 19.3 Å². The van der Waals surface area contributed by atoms with E-state index in [9.17, 15) is 14.4 Å². The average Bonchev–Trinajstić information content (AvgIpc) is 2.60. The molecule has 0 aliphatic carbocycles. The van der Waals surface area contributed by atoms with E-state index in [2.05, 4.69) is 10.6 Å². The fraction of sp³-hybridized carbons (Fsp3) is 0.526. The van der Waals surface area contributed by atoms with Crippen LogP contribution in [-0.2, 0) is 20.8 Å². The van der Waals surface area contributed by atoms with Gasteiger partial charge in [0.25, 0.3) is 0 Å². The van der Waals surface area contributed by atoms with Crippen LogP contribution in [0.2, 0.25) is 0 Å². The summed E-state index contributed by atoms with van der Waals surface area (Å²) in [6.07, 6.45) is 0.271. The molecule has 1 fully saturated rings. The molecule has 1 aromatic rings. The maximum absolute atomic E-state index is 12.2. The van der Waals surface area contributed by atoms with Gasteiger partial charge in [-0.2, -0.15) is 0 Å². The summed E-state index contributed by atoms with van der Waals surface area (Å²) in [6.45, 7) is 6.70. The second-order valence-electron chi connectivity index (χ2n) is 6.82. The Balaban J connectivity index is 1.66. The molecule has 1 aliphatic heterocycles. The lowest BCUT2D eigenvalue weighted by Crippen LogP contribution is -2.53. The molecular formula is C19H28N4O3. The number of hydrogen-bond donors (Lipinski definition) is 2. The molecule has 0 bridgehead atoms. The van der Waals surface area contributed by atoms with Crippen LogP contribution in [0.15, 0.2) is 30.3 Å². The number of rotatable bonds is 7. The van der Waals surface area contributed by atoms with Crippen molar-refractivity contribution >= 4 is 17.7 Å². The lowest BCUT2D eigenvalue weighted by Gasteiger charge is -2.34. The van der Waals surface area contributed by atoms with E-state index in [1.165, 1.54) is 0 Å². The van der Waals surface area contributed by atoms with Crippen molar-refractivity contribution in [3.63, 3.8) is 0 Å². The summed E-state index contributed by atoms with van der Waals surface area (Å²) in [7, 11) is 0. The topological polar surface area (TPSA) is 81.8 Å². The van der Waals surface area contributed by atoms with Gasteiger partial charge in [0, 0.05) is 32.2 Å². The van der Waals surface area contributed by atoms with Crippen molar-refractivity contribution in [2.75, 3.05) is 39.3 Å². The molecule has 1 heterocycles. The van der Waals surface area contributed by atoms with Crippen molar-refractivity contribution in [1.29, 1.82) is 0 Å². The lowest BCUT2D eigenvalue weighted by atomic mass is 10.1. The minimum absolute atomic E-state index is 0.00736. The summed E-state index contributed by atoms with van der Waals surface area (Å²) in [5, 5.41) is 5.55. The van der Waals surface area contributed by atoms with E-state index in [1.54, 1.807) is 4.90 Å². The predicted octanol–water partition coefficient (Wildman–Crippen LogP) is 0.0141. The van der Waals surface area contributed by atoms with E-state index in [0.29, 0.717) is 32.7 Å². The third-order valence-electron chi connectivity index (χ3n) is 4.19. The molecule has 0 aromatic heterocycles. The monoisotopic (exact) mass is 360 g/mol. The summed E-state index contributed by atoms with van der Waals surface area (Å²) >= 11 is 0. The predicted molar refractivity (Wildman–Crippen MR) is 99.5 cm³/mol. The first kappa shape index (κ1) is 19.9. The highest BCUT2D eigenvalue weighted by atomic mass is 16.2. The quantitative estimate of drug-likeness (QED) is 0.718. The van der Waals surface area contributed by atoms with Gasteiger partial charge in [0.05, 0.1) is 19.5 Å². The average molecular weight is 360 g/mol. The number of nitrogens with zero attached hydrogens (tertiary/aromatic N) is 2. The minimum atomic E-state index is -0.159. The van der Waals surface area contributed by atoms with Crippen LogP contribution in [0.3, 0.4) is 0 Å². The molecule has 142 valence electrons. The highest BCUT2D eigenvalue weighted by Crippen LogP contribution is 2.02. The van der Waals surface area contributed by atoms with Crippen LogP contribution in [0, 0.1) is 0 Å². The van der Waals surface area contributed by atoms with Crippen LogP contribution in [0.1, 0.15) is 19.4 Å². The SMILES string of the molecule is CC(C)NC(=O)CN1CCN(C(=O)CNC(=O)Cc2ccccc2)CC1. The van der Waals surface area contributed by atoms with Crippen LogP contribution >= 0.6 is 0 Å². The minimum Gasteiger partial charge on any atom is -0.353 e. The lowest BCUT2D eigenvalue weighted by molar-refractivity contribution is -0.134. The van der Waals surface area contributed by atoms with Crippen molar-refractivity contribution in [3.05, 3.63) is 35.9 Å². The second kappa shape index (κ2) is 9.91. The number of amides is 3. The summed E-state index contributed by atoms with van der Waals surface area (Å²) in [4.78, 5) is 39.7. The fourth-order valence-electron chi connectivity index (χ4n) is 2.86. The van der Waals surface area contributed by atoms with Gasteiger partial charge >= 0.3 is 0 Å². The van der Waals surface area contributed by atoms with Crippen LogP contribution in [0.5, 0.6) is 0 Å². The van der Waals surface area contributed by atoms with Gasteiger partial charge in [0.1, 0.15) is 0 Å². The second-order valence-corrected chi connectivity index (χ2v) is 6.82. The molecule has 0 unspecified atom stereocenters. The molecular weight excluding hydrogens is 332 g/mol. The first-order valence-corrected chi connectivity index (χ1v) is 9.04. The number of hydrogen-bond acceptors (Lipinski definition) is 4. The van der Waals surface area contributed by atoms with Crippen molar-refractivity contribution < 1.29 is 14.4 Å². The molecule has 1 aromatic carbocycles. The number of nitrogens with one attached hydrogen (secondary N) is 2. The van der Waals surface area contributed by atoms with E-state index in [4.69, 9.17) is 0 Å². The molecule has 0 saturated carbocycles. The maximum atomic E-state index is 12.2. The first-order chi connectivity index (χ1) is 12.4. The number of carbonyl (C=O) groups excluding carboxylic acids is 3. The summed E-state index contributed by atoms with van der Waals surface area (Å²) in [6, 6.07) is 9.57. The van der Waals surface area contributed by atoms with E-state index in [0.717, 1.165) is 5.56 Å². The Morgan fingerprint density at radius 3 is 2.27 bits per heavy atom. The molecule has 2 rings (SSSR count). The Morgan fingerprint density at radius 1 is 1.00 bits per heavy atom. The zero-order valence-corrected chi connectivity index (χ0v) is 15.5. The van der Waals surface area contributed by atoms with Crippen molar-refractivity contribution in [2.24, 2.45) is 0 Å². The highest BCUT2D eigenvalue weighted by Gasteiger charge is 2.22. The van der Waals surface area contributed by atoms with Crippen molar-refractivity contribution in [2.45, 2.75) is 26.3 Å². The standard InChI is InChI=1S/C19H28N4O3/c1-15(2)21-18(25)14-22-8-10-23(11-9-22)19(26)13-20-17(24)12-16-6-4-3-5-7-16/h3-7,15H,8-14H2,1-2H3,(H,20,24)(H,21,25). The third kappa shape index (κ3) is 6.84. The molecule has 3 amide bonds. The van der Waals surface area contributed by atoms with E-state index < -0.39 is 0 Å². The van der Waals surface area contributed by atoms with E-state index in [1.807, 2.05) is 49.1 Å². The Bertz CT molecular complexity index is 610. The molecule has 1 saturated heterocycles. The Labute approximate surface area is 154 Å². The number of carbonyl (C=O) groups is 3. The first-order valence-electron chi connectivity index (χ1n) is 9.04. The van der Waals surface area contributed by atoms with E-state index in [-0.39, 0.29) is 36.7 Å². The molecule has 26 heavy (non-hydrogen) atoms. The zero-order valence-electron chi connectivity index (χ0n) is 15.5. The molecule has 0 spiro atoms. The van der Waals surface area contributed by atoms with Gasteiger partial charge in [-0.1, -0.05) is 30.3 Å². The third-order valence-corrected chi connectivity index (χ3v) is 4.19. The molecule has 7 nitrogen and oxygen atoms in total. The van der Waals surface area contributed by atoms with Crippen LogP contribution in [-0.4, -0.2) is 72.8 Å². The summed E-state index contributed by atoms with van der Waals surface area (Å²) in [5.41, 5.74) is 0.922. The normalized spacial score (nSPS) is 15.0. The molecule has 1 aliphatic rings. The zero-order chi connectivity index (χ0) is 18.9. The maximum Gasteiger partial charge on any atom is 0.242 e. The van der Waals surface area contributed by atoms with Gasteiger partial charge in [-0.05, 0) is 19.4 Å². The fourth-order valence-corrected chi connectivity index (χ4v) is 2.86. The van der Waals surface area contributed by atoms with Crippen LogP contribution in [0.4, 0.5) is 0 Å². The highest BCUT2D eigenvalue weighted by molar-refractivity contribution is 5.85. The Morgan fingerprint density at radius 2 is 1.65 bits per heavy atom. The number of piperazine rings is 1. The van der Waals surface area contributed by atoms with Crippen LogP contribution < -0.4 is 10.6 Å². The summed E-state index contributed by atoms with van der Waals surface area (Å²) < 4.78 is 0. The van der Waals surface area contributed by atoms with Gasteiger partial charge in [-0.15, -0.1) is 0 Å². The Hall–Kier alpha value is -2.41. The van der Waals surface area contributed by atoms with Crippen LogP contribution in [0.25, 0.3) is 0 Å². The molecule has 2 N–H and O–H groups in total. The smallest absolute Gasteiger partial charge is 0.242 e. The van der Waals surface area contributed by atoms with Gasteiger partial charge < -0.3 is 15.5 Å². The van der Waals surface area contributed by atoms with Gasteiger partial charge in [-0.25, -0.2) is 0 Å². The largest absolute Gasteiger partial charge is 0.353 e. The summed E-state index contributed by atoms with van der Waals surface area (Å²) in [5.74, 6) is -0.237. The van der Waals surface area contributed by atoms with Gasteiger partial charge in [0.15, 0.2) is 0 Å². The molecule has 0 atom stereocenters. The van der Waals surface area contributed by atoms with Crippen molar-refractivity contribution in [1.82, 2.24) is 20.4 Å². The van der Waals surface area contributed by atoms with E-state index >= 15 is 0 Å². The van der Waals surface area contributed by atoms with Crippen molar-refractivity contribution in [3.8, 4) is 0 Å². The molecule has 7 heteroatoms. The Kier molecular flexibility index (Phi) is 7.59.